The van der Waals surface area contributed by atoms with Gasteiger partial charge >= 0.3 is 0 Å². The first-order valence-corrected chi connectivity index (χ1v) is 9.83. The SMILES string of the molecule is CCc1ccc(OC(CC)C(=O)NCCSc2ccc(C)cc2)cc1. The van der Waals surface area contributed by atoms with Gasteiger partial charge in [0.25, 0.3) is 5.91 Å². The number of ether oxygens (including phenoxy) is 1. The van der Waals surface area contributed by atoms with Crippen LogP contribution in [0.5, 0.6) is 5.75 Å². The van der Waals surface area contributed by atoms with Crippen LogP contribution >= 0.6 is 11.8 Å². The molecule has 134 valence electrons. The van der Waals surface area contributed by atoms with Crippen molar-refractivity contribution in [2.45, 2.75) is 44.6 Å². The minimum atomic E-state index is -0.447. The van der Waals surface area contributed by atoms with E-state index in [-0.39, 0.29) is 5.91 Å². The molecule has 0 aliphatic heterocycles. The summed E-state index contributed by atoms with van der Waals surface area (Å²) in [5.41, 5.74) is 2.52. The second-order valence-corrected chi connectivity index (χ2v) is 7.13. The summed E-state index contributed by atoms with van der Waals surface area (Å²) < 4.78 is 5.83. The third-order valence-corrected chi connectivity index (χ3v) is 4.98. The molecule has 0 heterocycles. The molecule has 0 aromatic heterocycles. The van der Waals surface area contributed by atoms with Crippen LogP contribution in [0.4, 0.5) is 0 Å². The molecule has 0 fully saturated rings. The van der Waals surface area contributed by atoms with Gasteiger partial charge in [0.15, 0.2) is 6.10 Å². The van der Waals surface area contributed by atoms with Crippen LogP contribution in [0.15, 0.2) is 53.4 Å². The van der Waals surface area contributed by atoms with Gasteiger partial charge in [-0.15, -0.1) is 11.8 Å². The largest absolute Gasteiger partial charge is 0.481 e. The normalized spacial score (nSPS) is 11.8. The lowest BCUT2D eigenvalue weighted by Crippen LogP contribution is -2.39. The number of carbonyl (C=O) groups excluding carboxylic acids is 1. The Kier molecular flexibility index (Phi) is 7.86. The van der Waals surface area contributed by atoms with Crippen LogP contribution in [0.1, 0.15) is 31.4 Å². The Balaban J connectivity index is 1.75. The molecule has 0 radical (unpaired) electrons. The van der Waals surface area contributed by atoms with Gasteiger partial charge in [-0.25, -0.2) is 0 Å². The first kappa shape index (κ1) is 19.4. The summed E-state index contributed by atoms with van der Waals surface area (Å²) in [6.07, 6.45) is 1.19. The number of hydrogen-bond acceptors (Lipinski definition) is 3. The molecule has 0 bridgehead atoms. The molecule has 0 saturated heterocycles. The van der Waals surface area contributed by atoms with E-state index < -0.39 is 6.10 Å². The Bertz CT molecular complexity index is 653. The van der Waals surface area contributed by atoms with E-state index in [9.17, 15) is 4.79 Å². The average molecular weight is 358 g/mol. The molecule has 0 aliphatic carbocycles. The highest BCUT2D eigenvalue weighted by molar-refractivity contribution is 7.99. The predicted octanol–water partition coefficient (Wildman–Crippen LogP) is 4.62. The van der Waals surface area contributed by atoms with Gasteiger partial charge < -0.3 is 10.1 Å². The number of hydrogen-bond donors (Lipinski definition) is 1. The summed E-state index contributed by atoms with van der Waals surface area (Å²) in [5.74, 6) is 1.54. The van der Waals surface area contributed by atoms with Crippen LogP contribution in [0.3, 0.4) is 0 Å². The summed E-state index contributed by atoms with van der Waals surface area (Å²) in [6, 6.07) is 16.4. The zero-order chi connectivity index (χ0) is 18.1. The van der Waals surface area contributed by atoms with Crippen molar-refractivity contribution in [1.29, 1.82) is 0 Å². The fourth-order valence-electron chi connectivity index (χ4n) is 2.38. The van der Waals surface area contributed by atoms with Crippen molar-refractivity contribution in [3.8, 4) is 5.75 Å². The number of rotatable bonds is 9. The van der Waals surface area contributed by atoms with Crippen LogP contribution in [0.25, 0.3) is 0 Å². The summed E-state index contributed by atoms with van der Waals surface area (Å²) in [6.45, 7) is 6.79. The first-order valence-electron chi connectivity index (χ1n) is 8.85. The van der Waals surface area contributed by atoms with Gasteiger partial charge in [0.05, 0.1) is 0 Å². The molecule has 0 spiro atoms. The topological polar surface area (TPSA) is 38.3 Å². The summed E-state index contributed by atoms with van der Waals surface area (Å²) in [5, 5.41) is 2.97. The van der Waals surface area contributed by atoms with Gasteiger partial charge in [0, 0.05) is 17.2 Å². The van der Waals surface area contributed by atoms with Crippen molar-refractivity contribution in [3.05, 3.63) is 59.7 Å². The van der Waals surface area contributed by atoms with Crippen molar-refractivity contribution in [2.24, 2.45) is 0 Å². The van der Waals surface area contributed by atoms with Gasteiger partial charge in [0.1, 0.15) is 5.75 Å². The van der Waals surface area contributed by atoms with E-state index in [4.69, 9.17) is 4.74 Å². The summed E-state index contributed by atoms with van der Waals surface area (Å²) >= 11 is 1.74. The summed E-state index contributed by atoms with van der Waals surface area (Å²) in [7, 11) is 0. The molecule has 1 atom stereocenters. The van der Waals surface area contributed by atoms with Crippen LogP contribution in [-0.2, 0) is 11.2 Å². The quantitative estimate of drug-likeness (QED) is 0.525. The highest BCUT2D eigenvalue weighted by atomic mass is 32.2. The van der Waals surface area contributed by atoms with Crippen LogP contribution < -0.4 is 10.1 Å². The fraction of sp³-hybridized carbons (Fsp3) is 0.381. The van der Waals surface area contributed by atoms with Crippen molar-refractivity contribution in [2.75, 3.05) is 12.3 Å². The minimum absolute atomic E-state index is 0.0495. The number of amides is 1. The molecule has 25 heavy (non-hydrogen) atoms. The van der Waals surface area contributed by atoms with Crippen LogP contribution in [0.2, 0.25) is 0 Å². The van der Waals surface area contributed by atoms with Crippen molar-refractivity contribution < 1.29 is 9.53 Å². The molecule has 2 rings (SSSR count). The van der Waals surface area contributed by atoms with Gasteiger partial charge in [-0.2, -0.15) is 0 Å². The van der Waals surface area contributed by atoms with Crippen molar-refractivity contribution >= 4 is 17.7 Å². The molecule has 3 nitrogen and oxygen atoms in total. The second-order valence-electron chi connectivity index (χ2n) is 5.96. The monoisotopic (exact) mass is 357 g/mol. The maximum absolute atomic E-state index is 12.3. The van der Waals surface area contributed by atoms with E-state index in [1.54, 1.807) is 11.8 Å². The van der Waals surface area contributed by atoms with Gasteiger partial charge in [0.2, 0.25) is 0 Å². The Hall–Kier alpha value is -1.94. The highest BCUT2D eigenvalue weighted by Gasteiger charge is 2.17. The molecule has 2 aromatic carbocycles. The van der Waals surface area contributed by atoms with E-state index in [0.29, 0.717) is 13.0 Å². The van der Waals surface area contributed by atoms with E-state index in [1.165, 1.54) is 16.0 Å². The summed E-state index contributed by atoms with van der Waals surface area (Å²) in [4.78, 5) is 13.5. The average Bonchev–Trinajstić information content (AvgIpc) is 2.65. The number of carbonyl (C=O) groups is 1. The zero-order valence-corrected chi connectivity index (χ0v) is 16.1. The molecule has 1 amide bonds. The Morgan fingerprint density at radius 1 is 1.08 bits per heavy atom. The maximum Gasteiger partial charge on any atom is 0.261 e. The zero-order valence-electron chi connectivity index (χ0n) is 15.2. The fourth-order valence-corrected chi connectivity index (χ4v) is 3.15. The lowest BCUT2D eigenvalue weighted by molar-refractivity contribution is -0.127. The lowest BCUT2D eigenvalue weighted by atomic mass is 10.2. The molecule has 0 saturated carbocycles. The van der Waals surface area contributed by atoms with Crippen molar-refractivity contribution in [3.63, 3.8) is 0 Å². The lowest BCUT2D eigenvalue weighted by Gasteiger charge is -2.17. The standard InChI is InChI=1S/C21H27NO2S/c1-4-17-8-10-18(11-9-17)24-20(5-2)21(23)22-14-15-25-19-12-6-16(3)7-13-19/h6-13,20H,4-5,14-15H2,1-3H3,(H,22,23). The van der Waals surface area contributed by atoms with E-state index >= 15 is 0 Å². The van der Waals surface area contributed by atoms with Gasteiger partial charge in [-0.3, -0.25) is 4.79 Å². The molecule has 4 heteroatoms. The Morgan fingerprint density at radius 3 is 2.36 bits per heavy atom. The van der Waals surface area contributed by atoms with E-state index in [2.05, 4.69) is 43.4 Å². The van der Waals surface area contributed by atoms with E-state index in [0.717, 1.165) is 17.9 Å². The molecular weight excluding hydrogens is 330 g/mol. The molecule has 0 aliphatic rings. The molecule has 1 N–H and O–H groups in total. The van der Waals surface area contributed by atoms with Crippen molar-refractivity contribution in [1.82, 2.24) is 5.32 Å². The number of benzene rings is 2. The third kappa shape index (κ3) is 6.46. The van der Waals surface area contributed by atoms with Crippen LogP contribution in [0, 0.1) is 6.92 Å². The van der Waals surface area contributed by atoms with Crippen LogP contribution in [-0.4, -0.2) is 24.3 Å². The molecule has 1 unspecified atom stereocenters. The third-order valence-electron chi connectivity index (χ3n) is 3.96. The number of nitrogens with one attached hydrogen (secondary N) is 1. The predicted molar refractivity (Wildman–Crippen MR) is 105 cm³/mol. The number of aryl methyl sites for hydroxylation is 2. The number of thioether (sulfide) groups is 1. The van der Waals surface area contributed by atoms with Gasteiger partial charge in [-0.1, -0.05) is 43.7 Å². The Labute approximate surface area is 155 Å². The van der Waals surface area contributed by atoms with E-state index in [1.807, 2.05) is 31.2 Å². The second kappa shape index (κ2) is 10.1. The molecular formula is C21H27NO2S. The maximum atomic E-state index is 12.3. The minimum Gasteiger partial charge on any atom is -0.481 e. The molecule has 2 aromatic rings. The highest BCUT2D eigenvalue weighted by Crippen LogP contribution is 2.18. The first-order chi connectivity index (χ1) is 12.1. The smallest absolute Gasteiger partial charge is 0.261 e. The van der Waals surface area contributed by atoms with Gasteiger partial charge in [-0.05, 0) is 49.6 Å². The Morgan fingerprint density at radius 2 is 1.76 bits per heavy atom.